The van der Waals surface area contributed by atoms with Gasteiger partial charge in [0.2, 0.25) is 5.91 Å². The summed E-state index contributed by atoms with van der Waals surface area (Å²) in [4.78, 5) is 25.2. The van der Waals surface area contributed by atoms with E-state index in [2.05, 4.69) is 17.4 Å². The standard InChI is InChI=1S/C26H25NO4S/c1-30-21-9-5-6-17(14-21)10-13-23(28)27-25-24(26(29)31-2)22(16-32-25)20-12-11-18-7-3-4-8-19(18)15-20/h5-6,9-16H,3-4,7-8H2,1-2H3,(H,27,28)/b13-10+. The summed E-state index contributed by atoms with van der Waals surface area (Å²) >= 11 is 1.32. The molecule has 0 saturated carbocycles. The van der Waals surface area contributed by atoms with E-state index < -0.39 is 5.97 Å². The normalized spacial score (nSPS) is 12.9. The van der Waals surface area contributed by atoms with Crippen LogP contribution < -0.4 is 10.1 Å². The molecule has 6 heteroatoms. The smallest absolute Gasteiger partial charge is 0.341 e. The van der Waals surface area contributed by atoms with E-state index in [1.54, 1.807) is 13.2 Å². The van der Waals surface area contributed by atoms with E-state index in [0.717, 1.165) is 29.5 Å². The Morgan fingerprint density at radius 3 is 2.62 bits per heavy atom. The SMILES string of the molecule is COC(=O)c1c(-c2ccc3c(c2)CCCC3)csc1NC(=O)/C=C/c1cccc(OC)c1. The fraction of sp³-hybridized carbons (Fsp3) is 0.231. The monoisotopic (exact) mass is 447 g/mol. The minimum absolute atomic E-state index is 0.322. The Hall–Kier alpha value is -3.38. The van der Waals surface area contributed by atoms with Gasteiger partial charge in [-0.2, -0.15) is 0 Å². The van der Waals surface area contributed by atoms with Crippen molar-refractivity contribution in [3.63, 3.8) is 0 Å². The summed E-state index contributed by atoms with van der Waals surface area (Å²) in [7, 11) is 2.95. The van der Waals surface area contributed by atoms with Gasteiger partial charge in [0.25, 0.3) is 0 Å². The lowest BCUT2D eigenvalue weighted by Gasteiger charge is -2.16. The van der Waals surface area contributed by atoms with E-state index in [-0.39, 0.29) is 5.91 Å². The van der Waals surface area contributed by atoms with E-state index in [1.165, 1.54) is 48.5 Å². The van der Waals surface area contributed by atoms with Gasteiger partial charge in [0.05, 0.1) is 14.2 Å². The maximum absolute atomic E-state index is 12.6. The van der Waals surface area contributed by atoms with Gasteiger partial charge in [0.1, 0.15) is 16.3 Å². The number of anilines is 1. The van der Waals surface area contributed by atoms with Crippen molar-refractivity contribution in [1.29, 1.82) is 0 Å². The molecule has 1 heterocycles. The zero-order valence-electron chi connectivity index (χ0n) is 18.1. The first-order chi connectivity index (χ1) is 15.6. The predicted molar refractivity (Wildman–Crippen MR) is 128 cm³/mol. The zero-order valence-corrected chi connectivity index (χ0v) is 19.0. The van der Waals surface area contributed by atoms with Gasteiger partial charge in [-0.1, -0.05) is 30.3 Å². The number of aryl methyl sites for hydroxylation is 2. The molecule has 1 aliphatic carbocycles. The number of nitrogens with one attached hydrogen (secondary N) is 1. The van der Waals surface area contributed by atoms with Crippen LogP contribution >= 0.6 is 11.3 Å². The van der Waals surface area contributed by atoms with E-state index in [9.17, 15) is 9.59 Å². The second kappa shape index (κ2) is 9.83. The van der Waals surface area contributed by atoms with E-state index in [4.69, 9.17) is 9.47 Å². The van der Waals surface area contributed by atoms with Crippen LogP contribution in [0.5, 0.6) is 5.75 Å². The molecule has 4 rings (SSSR count). The zero-order chi connectivity index (χ0) is 22.5. The summed E-state index contributed by atoms with van der Waals surface area (Å²) in [6.07, 6.45) is 7.70. The molecule has 2 aromatic carbocycles. The van der Waals surface area contributed by atoms with Gasteiger partial charge in [0.15, 0.2) is 0 Å². The molecular formula is C26H25NO4S. The van der Waals surface area contributed by atoms with Gasteiger partial charge >= 0.3 is 5.97 Å². The molecule has 164 valence electrons. The number of rotatable bonds is 6. The molecule has 0 aliphatic heterocycles. The molecule has 1 N–H and O–H groups in total. The first-order valence-corrected chi connectivity index (χ1v) is 11.4. The quantitative estimate of drug-likeness (QED) is 0.387. The van der Waals surface area contributed by atoms with Crippen molar-refractivity contribution in [3.8, 4) is 16.9 Å². The van der Waals surface area contributed by atoms with Crippen molar-refractivity contribution in [3.05, 3.63) is 76.2 Å². The van der Waals surface area contributed by atoms with Gasteiger partial charge in [-0.15, -0.1) is 11.3 Å². The molecule has 0 unspecified atom stereocenters. The number of methoxy groups -OCH3 is 2. The second-order valence-corrected chi connectivity index (χ2v) is 8.51. The lowest BCUT2D eigenvalue weighted by molar-refractivity contribution is -0.111. The van der Waals surface area contributed by atoms with Gasteiger partial charge in [-0.3, -0.25) is 4.79 Å². The molecule has 32 heavy (non-hydrogen) atoms. The maximum Gasteiger partial charge on any atom is 0.341 e. The van der Waals surface area contributed by atoms with Crippen LogP contribution in [0.25, 0.3) is 17.2 Å². The fourth-order valence-electron chi connectivity index (χ4n) is 3.94. The Bertz CT molecular complexity index is 1180. The van der Waals surface area contributed by atoms with Crippen LogP contribution in [0, 0.1) is 0 Å². The Morgan fingerprint density at radius 1 is 1.03 bits per heavy atom. The molecule has 0 radical (unpaired) electrons. The Kier molecular flexibility index (Phi) is 6.71. The highest BCUT2D eigenvalue weighted by molar-refractivity contribution is 7.15. The predicted octanol–water partition coefficient (Wildman–Crippen LogP) is 5.74. The highest BCUT2D eigenvalue weighted by atomic mass is 32.1. The number of carbonyl (C=O) groups is 2. The third kappa shape index (κ3) is 4.75. The molecule has 3 aromatic rings. The van der Waals surface area contributed by atoms with Gasteiger partial charge in [0, 0.05) is 17.0 Å². The van der Waals surface area contributed by atoms with Gasteiger partial charge < -0.3 is 14.8 Å². The molecule has 0 spiro atoms. The van der Waals surface area contributed by atoms with Crippen LogP contribution in [0.4, 0.5) is 5.00 Å². The van der Waals surface area contributed by atoms with Crippen molar-refractivity contribution in [2.75, 3.05) is 19.5 Å². The molecule has 0 saturated heterocycles. The van der Waals surface area contributed by atoms with Crippen LogP contribution in [0.3, 0.4) is 0 Å². The van der Waals surface area contributed by atoms with Crippen LogP contribution in [0.1, 0.15) is 39.9 Å². The van der Waals surface area contributed by atoms with Crippen LogP contribution in [0.15, 0.2) is 53.9 Å². The maximum atomic E-state index is 12.6. The number of benzene rings is 2. The van der Waals surface area contributed by atoms with E-state index >= 15 is 0 Å². The molecule has 0 atom stereocenters. The number of carbonyl (C=O) groups excluding carboxylic acids is 2. The molecule has 1 aromatic heterocycles. The number of amides is 1. The number of hydrogen-bond acceptors (Lipinski definition) is 5. The summed E-state index contributed by atoms with van der Waals surface area (Å²) in [6, 6.07) is 13.8. The van der Waals surface area contributed by atoms with Crippen LogP contribution in [-0.2, 0) is 22.4 Å². The van der Waals surface area contributed by atoms with Crippen molar-refractivity contribution in [2.24, 2.45) is 0 Å². The first kappa shape index (κ1) is 21.8. The number of esters is 1. The minimum Gasteiger partial charge on any atom is -0.497 e. The van der Waals surface area contributed by atoms with Crippen LogP contribution in [0.2, 0.25) is 0 Å². The third-order valence-corrected chi connectivity index (χ3v) is 6.49. The largest absolute Gasteiger partial charge is 0.497 e. The number of hydrogen-bond donors (Lipinski definition) is 1. The summed E-state index contributed by atoms with van der Waals surface area (Å²) in [5.74, 6) is -0.0728. The minimum atomic E-state index is -0.467. The van der Waals surface area contributed by atoms with Gasteiger partial charge in [-0.05, 0) is 66.1 Å². The van der Waals surface area contributed by atoms with Crippen molar-refractivity contribution >= 4 is 34.3 Å². The van der Waals surface area contributed by atoms with E-state index in [1.807, 2.05) is 35.7 Å². The number of ether oxygens (including phenoxy) is 2. The fourth-order valence-corrected chi connectivity index (χ4v) is 4.90. The average Bonchev–Trinajstić information content (AvgIpc) is 3.25. The third-order valence-electron chi connectivity index (χ3n) is 5.60. The molecule has 0 bridgehead atoms. The van der Waals surface area contributed by atoms with Gasteiger partial charge in [-0.25, -0.2) is 4.79 Å². The number of fused-ring (bicyclic) bond motifs is 1. The topological polar surface area (TPSA) is 64.6 Å². The summed E-state index contributed by atoms with van der Waals surface area (Å²) < 4.78 is 10.2. The van der Waals surface area contributed by atoms with Crippen molar-refractivity contribution < 1.29 is 19.1 Å². The Labute approximate surface area is 191 Å². The highest BCUT2D eigenvalue weighted by Crippen LogP contribution is 2.37. The summed E-state index contributed by atoms with van der Waals surface area (Å²) in [6.45, 7) is 0. The summed E-state index contributed by atoms with van der Waals surface area (Å²) in [5, 5.41) is 5.22. The molecular weight excluding hydrogens is 422 g/mol. The molecule has 1 amide bonds. The van der Waals surface area contributed by atoms with Crippen molar-refractivity contribution in [2.45, 2.75) is 25.7 Å². The second-order valence-electron chi connectivity index (χ2n) is 7.63. The first-order valence-electron chi connectivity index (χ1n) is 10.5. The van der Waals surface area contributed by atoms with E-state index in [0.29, 0.717) is 16.3 Å². The summed E-state index contributed by atoms with van der Waals surface area (Å²) in [5.41, 5.74) is 5.69. The lowest BCUT2D eigenvalue weighted by atomic mass is 9.89. The number of thiophene rings is 1. The Balaban J connectivity index is 1.59. The highest BCUT2D eigenvalue weighted by Gasteiger charge is 2.22. The van der Waals surface area contributed by atoms with Crippen molar-refractivity contribution in [1.82, 2.24) is 0 Å². The molecule has 5 nitrogen and oxygen atoms in total. The average molecular weight is 448 g/mol. The molecule has 1 aliphatic rings. The van der Waals surface area contributed by atoms with Crippen LogP contribution in [-0.4, -0.2) is 26.1 Å². The Morgan fingerprint density at radius 2 is 1.84 bits per heavy atom. The molecule has 0 fully saturated rings. The lowest BCUT2D eigenvalue weighted by Crippen LogP contribution is -2.11.